The van der Waals surface area contributed by atoms with E-state index in [1.165, 1.54) is 12.1 Å². The molecule has 1 aliphatic carbocycles. The summed E-state index contributed by atoms with van der Waals surface area (Å²) in [6.45, 7) is 1.07. The largest absolute Gasteiger partial charge is 0.480 e. The fraction of sp³-hybridized carbons (Fsp3) is 0.385. The number of benzene rings is 1. The van der Waals surface area contributed by atoms with Gasteiger partial charge in [0.2, 0.25) is 10.0 Å². The number of aliphatic carboxylic acids is 1. The van der Waals surface area contributed by atoms with Gasteiger partial charge in [-0.05, 0) is 37.5 Å². The van der Waals surface area contributed by atoms with E-state index in [0.29, 0.717) is 18.4 Å². The molecule has 0 heterocycles. The van der Waals surface area contributed by atoms with Crippen molar-refractivity contribution in [2.75, 3.05) is 6.54 Å². The van der Waals surface area contributed by atoms with Crippen molar-refractivity contribution in [2.24, 2.45) is 0 Å². The topological polar surface area (TPSA) is 98.5 Å². The molecule has 1 aromatic rings. The number of nitriles is 1. The summed E-state index contributed by atoms with van der Waals surface area (Å²) in [5.41, 5.74) is 0.736. The third kappa shape index (κ3) is 2.81. The second kappa shape index (κ2) is 5.23. The zero-order valence-electron chi connectivity index (χ0n) is 10.9. The smallest absolute Gasteiger partial charge is 0.318 e. The molecule has 0 spiro atoms. The Hall–Kier alpha value is -1.91. The van der Waals surface area contributed by atoms with E-state index in [9.17, 15) is 13.2 Å². The molecule has 1 N–H and O–H groups in total. The molecule has 0 amide bonds. The molecule has 1 aliphatic rings. The molecule has 1 fully saturated rings. The van der Waals surface area contributed by atoms with E-state index in [0.717, 1.165) is 4.31 Å². The third-order valence-corrected chi connectivity index (χ3v) is 5.19. The van der Waals surface area contributed by atoms with Crippen molar-refractivity contribution in [3.63, 3.8) is 0 Å². The van der Waals surface area contributed by atoms with Crippen LogP contribution in [0.1, 0.15) is 24.0 Å². The molecule has 0 aromatic heterocycles. The predicted octanol–water partition coefficient (Wildman–Crippen LogP) is 1.10. The molecule has 0 saturated heterocycles. The Morgan fingerprint density at radius 2 is 2.15 bits per heavy atom. The zero-order chi connectivity index (χ0) is 14.9. The highest BCUT2D eigenvalue weighted by Gasteiger charge is 2.39. The molecule has 6 nitrogen and oxygen atoms in total. The number of aryl methyl sites for hydroxylation is 1. The van der Waals surface area contributed by atoms with Crippen LogP contribution in [0.25, 0.3) is 0 Å². The van der Waals surface area contributed by atoms with Crippen LogP contribution in [0.2, 0.25) is 0 Å². The van der Waals surface area contributed by atoms with Crippen LogP contribution in [-0.4, -0.2) is 36.4 Å². The van der Waals surface area contributed by atoms with Gasteiger partial charge in [-0.1, -0.05) is 6.07 Å². The van der Waals surface area contributed by atoms with Gasteiger partial charge in [0.25, 0.3) is 0 Å². The second-order valence-corrected chi connectivity index (χ2v) is 6.63. The van der Waals surface area contributed by atoms with E-state index in [1.54, 1.807) is 13.0 Å². The van der Waals surface area contributed by atoms with Gasteiger partial charge in [0.05, 0.1) is 16.5 Å². The molecule has 1 saturated carbocycles. The number of sulfonamides is 1. The monoisotopic (exact) mass is 294 g/mol. The van der Waals surface area contributed by atoms with Crippen molar-refractivity contribution in [1.82, 2.24) is 4.31 Å². The number of carboxylic acids is 1. The number of carboxylic acid groups (broad SMARTS) is 1. The minimum absolute atomic E-state index is 0.00435. The first kappa shape index (κ1) is 14.5. The van der Waals surface area contributed by atoms with Crippen molar-refractivity contribution < 1.29 is 18.3 Å². The number of nitrogens with zero attached hydrogens (tertiary/aromatic N) is 2. The van der Waals surface area contributed by atoms with Gasteiger partial charge in [-0.15, -0.1) is 0 Å². The molecule has 20 heavy (non-hydrogen) atoms. The van der Waals surface area contributed by atoms with E-state index >= 15 is 0 Å². The normalized spacial score (nSPS) is 15.1. The quantitative estimate of drug-likeness (QED) is 0.877. The summed E-state index contributed by atoms with van der Waals surface area (Å²) in [6, 6.07) is 6.02. The summed E-state index contributed by atoms with van der Waals surface area (Å²) in [4.78, 5) is 10.9. The van der Waals surface area contributed by atoms with Crippen molar-refractivity contribution >= 4 is 16.0 Å². The molecule has 0 unspecified atom stereocenters. The Kier molecular flexibility index (Phi) is 3.79. The fourth-order valence-corrected chi connectivity index (χ4v) is 3.87. The Morgan fingerprint density at radius 1 is 1.50 bits per heavy atom. The Bertz CT molecular complexity index is 687. The van der Waals surface area contributed by atoms with Crippen LogP contribution in [0.5, 0.6) is 0 Å². The first-order valence-electron chi connectivity index (χ1n) is 6.10. The van der Waals surface area contributed by atoms with Crippen molar-refractivity contribution in [2.45, 2.75) is 30.7 Å². The minimum atomic E-state index is -3.89. The predicted molar refractivity (Wildman–Crippen MR) is 70.4 cm³/mol. The van der Waals surface area contributed by atoms with E-state index in [4.69, 9.17) is 10.4 Å². The number of hydrogen-bond acceptors (Lipinski definition) is 4. The van der Waals surface area contributed by atoms with Gasteiger partial charge in [0.15, 0.2) is 0 Å². The molecule has 1 aromatic carbocycles. The van der Waals surface area contributed by atoms with Gasteiger partial charge < -0.3 is 5.11 Å². The van der Waals surface area contributed by atoms with Gasteiger partial charge >= 0.3 is 5.97 Å². The summed E-state index contributed by atoms with van der Waals surface area (Å²) in [7, 11) is -3.89. The van der Waals surface area contributed by atoms with Crippen LogP contribution >= 0.6 is 0 Å². The molecule has 7 heteroatoms. The highest BCUT2D eigenvalue weighted by Crippen LogP contribution is 2.32. The standard InChI is InChI=1S/C13H14N2O4S/c1-9-2-3-10(7-14)6-12(9)20(18,19)15(8-13(16)17)11-4-5-11/h2-3,6,11H,4-5,8H2,1H3,(H,16,17). The van der Waals surface area contributed by atoms with E-state index in [1.807, 2.05) is 6.07 Å². The first-order chi connectivity index (χ1) is 9.36. The molecule has 0 bridgehead atoms. The second-order valence-electron chi connectivity index (χ2n) is 4.77. The molecule has 0 aliphatic heterocycles. The number of rotatable bonds is 5. The van der Waals surface area contributed by atoms with E-state index in [2.05, 4.69) is 0 Å². The lowest BCUT2D eigenvalue weighted by Gasteiger charge is -2.21. The Balaban J connectivity index is 2.47. The van der Waals surface area contributed by atoms with Crippen LogP contribution in [-0.2, 0) is 14.8 Å². The van der Waals surface area contributed by atoms with Gasteiger partial charge in [-0.2, -0.15) is 9.57 Å². The van der Waals surface area contributed by atoms with E-state index in [-0.39, 0.29) is 16.5 Å². The lowest BCUT2D eigenvalue weighted by molar-refractivity contribution is -0.137. The van der Waals surface area contributed by atoms with Crippen LogP contribution in [0.3, 0.4) is 0 Å². The maximum atomic E-state index is 12.6. The molecule has 2 rings (SSSR count). The van der Waals surface area contributed by atoms with E-state index < -0.39 is 22.5 Å². The number of hydrogen-bond donors (Lipinski definition) is 1. The average molecular weight is 294 g/mol. The average Bonchev–Trinajstić information content (AvgIpc) is 3.20. The van der Waals surface area contributed by atoms with Crippen molar-refractivity contribution in [1.29, 1.82) is 5.26 Å². The summed E-state index contributed by atoms with van der Waals surface area (Å²) in [6.07, 6.45) is 1.34. The van der Waals surface area contributed by atoms with Crippen LogP contribution in [0, 0.1) is 18.3 Å². The summed E-state index contributed by atoms with van der Waals surface area (Å²) >= 11 is 0. The zero-order valence-corrected chi connectivity index (χ0v) is 11.7. The van der Waals surface area contributed by atoms with Crippen LogP contribution < -0.4 is 0 Å². The SMILES string of the molecule is Cc1ccc(C#N)cc1S(=O)(=O)N(CC(=O)O)C1CC1. The molecule has 106 valence electrons. The van der Waals surface area contributed by atoms with Gasteiger partial charge in [-0.3, -0.25) is 4.79 Å². The molecule has 0 atom stereocenters. The Labute approximate surface area is 117 Å². The maximum absolute atomic E-state index is 12.6. The molecular weight excluding hydrogens is 280 g/mol. The van der Waals surface area contributed by atoms with Crippen LogP contribution in [0.4, 0.5) is 0 Å². The highest BCUT2D eigenvalue weighted by atomic mass is 32.2. The van der Waals surface area contributed by atoms with Crippen LogP contribution in [0.15, 0.2) is 23.1 Å². The lowest BCUT2D eigenvalue weighted by Crippen LogP contribution is -2.37. The van der Waals surface area contributed by atoms with Crippen molar-refractivity contribution in [3.8, 4) is 6.07 Å². The number of carbonyl (C=O) groups is 1. The lowest BCUT2D eigenvalue weighted by atomic mass is 10.2. The minimum Gasteiger partial charge on any atom is -0.480 e. The van der Waals surface area contributed by atoms with Crippen molar-refractivity contribution in [3.05, 3.63) is 29.3 Å². The third-order valence-electron chi connectivity index (χ3n) is 3.15. The van der Waals surface area contributed by atoms with Gasteiger partial charge in [-0.25, -0.2) is 8.42 Å². The van der Waals surface area contributed by atoms with Gasteiger partial charge in [0.1, 0.15) is 6.54 Å². The highest BCUT2D eigenvalue weighted by molar-refractivity contribution is 7.89. The molecule has 0 radical (unpaired) electrons. The summed E-state index contributed by atoms with van der Waals surface area (Å²) in [5, 5.41) is 17.8. The molecular formula is C13H14N2O4S. The summed E-state index contributed by atoms with van der Waals surface area (Å²) in [5.74, 6) is -1.19. The maximum Gasteiger partial charge on any atom is 0.318 e. The summed E-state index contributed by atoms with van der Waals surface area (Å²) < 4.78 is 26.2. The Morgan fingerprint density at radius 3 is 2.65 bits per heavy atom. The fourth-order valence-electron chi connectivity index (χ4n) is 1.98. The van der Waals surface area contributed by atoms with Gasteiger partial charge in [0, 0.05) is 6.04 Å². The first-order valence-corrected chi connectivity index (χ1v) is 7.54.